The lowest BCUT2D eigenvalue weighted by molar-refractivity contribution is 0.0449. The van der Waals surface area contributed by atoms with Crippen LogP contribution in [0.4, 0.5) is 0 Å². The van der Waals surface area contributed by atoms with Crippen molar-refractivity contribution in [2.24, 2.45) is 5.92 Å². The van der Waals surface area contributed by atoms with Crippen molar-refractivity contribution < 1.29 is 14.7 Å². The molecule has 5 rings (SSSR count). The van der Waals surface area contributed by atoms with E-state index in [9.17, 15) is 14.7 Å². The number of hydrogen-bond acceptors (Lipinski definition) is 3. The van der Waals surface area contributed by atoms with Gasteiger partial charge in [0.2, 0.25) is 0 Å². The van der Waals surface area contributed by atoms with Crippen LogP contribution in [0.15, 0.2) is 18.2 Å². The average Bonchev–Trinajstić information content (AvgIpc) is 3.27. The number of aromatic nitrogens is 2. The predicted octanol–water partition coefficient (Wildman–Crippen LogP) is 3.08. The van der Waals surface area contributed by atoms with Gasteiger partial charge in [-0.15, -0.1) is 0 Å². The van der Waals surface area contributed by atoms with Crippen molar-refractivity contribution in [3.05, 3.63) is 46.0 Å². The highest BCUT2D eigenvalue weighted by molar-refractivity contribution is 6.34. The van der Waals surface area contributed by atoms with Crippen molar-refractivity contribution >= 4 is 23.5 Å². The summed E-state index contributed by atoms with van der Waals surface area (Å²) in [6.45, 7) is 0.608. The Morgan fingerprint density at radius 1 is 1.32 bits per heavy atom. The van der Waals surface area contributed by atoms with Crippen LogP contribution < -0.4 is 0 Å². The molecular formula is C18H16ClN3O3. The molecule has 0 unspecified atom stereocenters. The molecule has 0 bridgehead atoms. The number of benzene rings is 1. The second kappa shape index (κ2) is 5.08. The molecule has 0 radical (unpaired) electrons. The number of carbonyl (C=O) groups excluding carboxylic acids is 1. The zero-order valence-corrected chi connectivity index (χ0v) is 14.2. The number of carbonyl (C=O) groups is 2. The molecule has 1 atom stereocenters. The third kappa shape index (κ3) is 2.07. The highest BCUT2D eigenvalue weighted by Gasteiger charge is 2.44. The van der Waals surface area contributed by atoms with Crippen LogP contribution in [-0.2, 0) is 6.42 Å². The second-order valence-electron chi connectivity index (χ2n) is 6.99. The molecule has 1 N–H and O–H groups in total. The Hall–Kier alpha value is -2.34. The van der Waals surface area contributed by atoms with Gasteiger partial charge in [-0.25, -0.2) is 9.78 Å². The lowest BCUT2D eigenvalue weighted by atomic mass is 9.97. The molecule has 0 spiro atoms. The van der Waals surface area contributed by atoms with E-state index in [1.54, 1.807) is 17.0 Å². The van der Waals surface area contributed by atoms with Gasteiger partial charge in [-0.05, 0) is 37.3 Å². The Kier molecular flexibility index (Phi) is 3.04. The van der Waals surface area contributed by atoms with E-state index < -0.39 is 5.97 Å². The van der Waals surface area contributed by atoms with E-state index in [0.29, 0.717) is 34.4 Å². The first-order chi connectivity index (χ1) is 12.1. The summed E-state index contributed by atoms with van der Waals surface area (Å²) in [6, 6.07) is 5.08. The highest BCUT2D eigenvalue weighted by atomic mass is 35.5. The molecule has 7 heteroatoms. The summed E-state index contributed by atoms with van der Waals surface area (Å²) >= 11 is 6.36. The van der Waals surface area contributed by atoms with Crippen molar-refractivity contribution in [3.63, 3.8) is 0 Å². The molecule has 25 heavy (non-hydrogen) atoms. The first kappa shape index (κ1) is 15.0. The molecule has 2 aromatic rings. The number of imidazole rings is 1. The number of carboxylic acid groups (broad SMARTS) is 1. The second-order valence-corrected chi connectivity index (χ2v) is 7.39. The first-order valence-corrected chi connectivity index (χ1v) is 8.88. The van der Waals surface area contributed by atoms with Gasteiger partial charge in [0.25, 0.3) is 5.91 Å². The zero-order valence-electron chi connectivity index (χ0n) is 13.4. The third-order valence-electron chi connectivity index (χ3n) is 5.40. The minimum Gasteiger partial charge on any atom is -0.476 e. The van der Waals surface area contributed by atoms with Crippen LogP contribution in [0.3, 0.4) is 0 Å². The first-order valence-electron chi connectivity index (χ1n) is 8.51. The number of rotatable bonds is 3. The van der Waals surface area contributed by atoms with E-state index in [1.807, 2.05) is 10.6 Å². The van der Waals surface area contributed by atoms with E-state index >= 15 is 0 Å². The predicted molar refractivity (Wildman–Crippen MR) is 90.4 cm³/mol. The van der Waals surface area contributed by atoms with Crippen LogP contribution in [0, 0.1) is 5.92 Å². The molecule has 1 amide bonds. The highest BCUT2D eigenvalue weighted by Crippen LogP contribution is 2.44. The van der Waals surface area contributed by atoms with Crippen LogP contribution in [0.2, 0.25) is 5.02 Å². The fourth-order valence-corrected chi connectivity index (χ4v) is 4.15. The Morgan fingerprint density at radius 2 is 2.12 bits per heavy atom. The third-order valence-corrected chi connectivity index (χ3v) is 5.71. The monoisotopic (exact) mass is 357 g/mol. The van der Waals surface area contributed by atoms with Gasteiger partial charge in [0.05, 0.1) is 28.0 Å². The molecule has 1 aliphatic carbocycles. The maximum Gasteiger partial charge on any atom is 0.356 e. The van der Waals surface area contributed by atoms with Crippen molar-refractivity contribution in [1.29, 1.82) is 0 Å². The summed E-state index contributed by atoms with van der Waals surface area (Å²) in [5.41, 5.74) is 1.77. The molecule has 1 saturated carbocycles. The van der Waals surface area contributed by atoms with Crippen molar-refractivity contribution in [2.75, 3.05) is 6.54 Å². The van der Waals surface area contributed by atoms with E-state index in [4.69, 9.17) is 11.6 Å². The molecule has 3 aliphatic rings. The lowest BCUT2D eigenvalue weighted by Gasteiger charge is -2.39. The summed E-state index contributed by atoms with van der Waals surface area (Å²) < 4.78 is 1.89. The summed E-state index contributed by atoms with van der Waals surface area (Å²) in [5.74, 6) is 0.0945. The van der Waals surface area contributed by atoms with Crippen molar-refractivity contribution in [1.82, 2.24) is 14.5 Å². The van der Waals surface area contributed by atoms with Gasteiger partial charge in [0.15, 0.2) is 5.69 Å². The average molecular weight is 358 g/mol. The largest absolute Gasteiger partial charge is 0.476 e. The molecule has 2 fully saturated rings. The number of amides is 1. The minimum absolute atomic E-state index is 0.0611. The topological polar surface area (TPSA) is 75.4 Å². The molecule has 3 heterocycles. The molecule has 2 aliphatic heterocycles. The zero-order chi connectivity index (χ0) is 17.3. The van der Waals surface area contributed by atoms with Gasteiger partial charge < -0.3 is 10.0 Å². The van der Waals surface area contributed by atoms with Crippen LogP contribution in [0.25, 0.3) is 5.69 Å². The SMILES string of the molecule is O=C(O)c1nc(CC2CC2)n2c1[C@@H]1CCN1C(=O)c1c(Cl)cccc1-2. The van der Waals surface area contributed by atoms with Gasteiger partial charge in [-0.3, -0.25) is 9.36 Å². The van der Waals surface area contributed by atoms with Crippen LogP contribution in [-0.4, -0.2) is 38.0 Å². The molecular weight excluding hydrogens is 342 g/mol. The summed E-state index contributed by atoms with van der Waals surface area (Å²) in [6.07, 6.45) is 3.75. The molecule has 1 saturated heterocycles. The fourth-order valence-electron chi connectivity index (χ4n) is 3.90. The number of nitrogens with zero attached hydrogens (tertiary/aromatic N) is 3. The van der Waals surface area contributed by atoms with Crippen LogP contribution in [0.1, 0.15) is 57.7 Å². The smallest absolute Gasteiger partial charge is 0.356 e. The summed E-state index contributed by atoms with van der Waals surface area (Å²) in [7, 11) is 0. The van der Waals surface area contributed by atoms with E-state index in [1.165, 1.54) is 0 Å². The van der Waals surface area contributed by atoms with E-state index in [-0.39, 0.29) is 17.6 Å². The number of fused-ring (bicyclic) bond motifs is 5. The molecule has 1 aromatic heterocycles. The van der Waals surface area contributed by atoms with E-state index in [2.05, 4.69) is 4.98 Å². The number of aromatic carboxylic acids is 1. The van der Waals surface area contributed by atoms with Gasteiger partial charge in [0.1, 0.15) is 5.82 Å². The normalized spacial score (nSPS) is 21.1. The van der Waals surface area contributed by atoms with Crippen molar-refractivity contribution in [3.8, 4) is 5.69 Å². The lowest BCUT2D eigenvalue weighted by Crippen LogP contribution is -2.45. The Morgan fingerprint density at radius 3 is 2.76 bits per heavy atom. The fraction of sp³-hybridized carbons (Fsp3) is 0.389. The molecule has 6 nitrogen and oxygen atoms in total. The Labute approximate surface area is 149 Å². The Balaban J connectivity index is 1.83. The Bertz CT molecular complexity index is 932. The van der Waals surface area contributed by atoms with Crippen molar-refractivity contribution in [2.45, 2.75) is 31.7 Å². The number of carboxylic acids is 1. The summed E-state index contributed by atoms with van der Waals surface area (Å²) in [5, 5.41) is 10.1. The molecule has 128 valence electrons. The van der Waals surface area contributed by atoms with Gasteiger partial charge in [0, 0.05) is 13.0 Å². The maximum atomic E-state index is 13.0. The van der Waals surface area contributed by atoms with Gasteiger partial charge in [-0.1, -0.05) is 17.7 Å². The standard InChI is InChI=1S/C18H16ClN3O3/c19-10-2-1-3-11-14(10)17(23)21-7-6-12(21)16-15(18(24)25)20-13(22(11)16)8-9-4-5-9/h1-3,9,12H,4-8H2,(H,24,25)/t12-/m0/s1. The van der Waals surface area contributed by atoms with Gasteiger partial charge >= 0.3 is 5.97 Å². The molecule has 1 aromatic carbocycles. The minimum atomic E-state index is -1.05. The maximum absolute atomic E-state index is 13.0. The number of hydrogen-bond donors (Lipinski definition) is 1. The van der Waals surface area contributed by atoms with Gasteiger partial charge in [-0.2, -0.15) is 0 Å². The summed E-state index contributed by atoms with van der Waals surface area (Å²) in [4.78, 5) is 31.0. The van der Waals surface area contributed by atoms with Crippen LogP contribution >= 0.6 is 11.6 Å². The van der Waals surface area contributed by atoms with E-state index in [0.717, 1.165) is 31.5 Å². The number of halogens is 1. The van der Waals surface area contributed by atoms with Crippen LogP contribution in [0.5, 0.6) is 0 Å². The quantitative estimate of drug-likeness (QED) is 0.916.